The number of piperidine rings is 1. The summed E-state index contributed by atoms with van der Waals surface area (Å²) in [6.45, 7) is 2.63. The van der Waals surface area contributed by atoms with E-state index in [9.17, 15) is 4.79 Å². The van der Waals surface area contributed by atoms with E-state index in [1.54, 1.807) is 5.56 Å². The average molecular weight is 481 g/mol. The molecule has 1 saturated heterocycles. The van der Waals surface area contributed by atoms with Gasteiger partial charge >= 0.3 is 0 Å². The number of carbonyl (C=O) groups excluding carboxylic acids is 1. The smallest absolute Gasteiger partial charge is 0.157 e. The van der Waals surface area contributed by atoms with Gasteiger partial charge in [-0.3, -0.25) is 9.69 Å². The van der Waals surface area contributed by atoms with Gasteiger partial charge in [0, 0.05) is 17.0 Å². The van der Waals surface area contributed by atoms with Crippen LogP contribution in [0.3, 0.4) is 0 Å². The predicted molar refractivity (Wildman–Crippen MR) is 142 cm³/mol. The number of Topliss-reactive ketones (excluding diaryl/α,β-unsaturated/α-hetero) is 1. The molecule has 3 aliphatic rings. The number of nitrogens with zero attached hydrogens (tertiary/aromatic N) is 1. The zero-order chi connectivity index (χ0) is 23.9. The largest absolute Gasteiger partial charge is 0.304 e. The number of likely N-dealkylation sites (N-methyl/N-ethyl adjacent to an activating group) is 1. The number of benzene rings is 2. The Hall–Kier alpha value is -1.68. The summed E-state index contributed by atoms with van der Waals surface area (Å²) in [6.07, 6.45) is 14.8. The zero-order valence-electron chi connectivity index (χ0n) is 20.8. The first-order valence-corrected chi connectivity index (χ1v) is 13.8. The highest BCUT2D eigenvalue weighted by molar-refractivity contribution is 6.31. The summed E-state index contributed by atoms with van der Waals surface area (Å²) in [5.41, 5.74) is 2.31. The number of hydrogen-bond donors (Lipinski definition) is 1. The highest BCUT2D eigenvalue weighted by Crippen LogP contribution is 2.43. The van der Waals surface area contributed by atoms with E-state index in [0.29, 0.717) is 17.0 Å². The summed E-state index contributed by atoms with van der Waals surface area (Å²) in [5.74, 6) is 0.259. The molecule has 5 rings (SSSR count). The molecule has 34 heavy (non-hydrogen) atoms. The van der Waals surface area contributed by atoms with Crippen LogP contribution in [0.15, 0.2) is 54.6 Å². The highest BCUT2D eigenvalue weighted by atomic mass is 35.5. The number of likely N-dealkylation sites (tertiary alicyclic amines) is 1. The standard InChI is InChI=1S/C17H25N.C13H16ClNO/c1-4-10-16(11-5-1)17(12-6-2-7-13-17)18-14-8-3-9-15-18;1-15-13(9-5-4-8-12(13)16)10-6-2-3-7-11(10)14/h1,4-5,10-11H,2-3,6-9,12-15H2;2-3,6-7,15H,4-5,8-9H2,1H3. The topological polar surface area (TPSA) is 32.3 Å². The molecule has 2 saturated carbocycles. The van der Waals surface area contributed by atoms with Crippen LogP contribution in [0.1, 0.15) is 88.2 Å². The molecule has 0 amide bonds. The predicted octanol–water partition coefficient (Wildman–Crippen LogP) is 7.23. The summed E-state index contributed by atoms with van der Waals surface area (Å²) in [6, 6.07) is 18.9. The van der Waals surface area contributed by atoms with Crippen molar-refractivity contribution in [3.05, 3.63) is 70.7 Å². The van der Waals surface area contributed by atoms with E-state index in [2.05, 4.69) is 40.5 Å². The van der Waals surface area contributed by atoms with E-state index < -0.39 is 5.54 Å². The zero-order valence-corrected chi connectivity index (χ0v) is 21.6. The van der Waals surface area contributed by atoms with E-state index in [1.807, 2.05) is 31.3 Å². The lowest BCUT2D eigenvalue weighted by Gasteiger charge is -2.48. The second-order valence-corrected chi connectivity index (χ2v) is 10.7. The number of halogens is 1. The second kappa shape index (κ2) is 11.8. The summed E-state index contributed by atoms with van der Waals surface area (Å²) >= 11 is 6.20. The van der Waals surface area contributed by atoms with Gasteiger partial charge < -0.3 is 5.32 Å². The number of hydrogen-bond acceptors (Lipinski definition) is 3. The van der Waals surface area contributed by atoms with Crippen molar-refractivity contribution in [2.24, 2.45) is 0 Å². The molecule has 2 aliphatic carbocycles. The lowest BCUT2D eigenvalue weighted by molar-refractivity contribution is -0.127. The van der Waals surface area contributed by atoms with Gasteiger partial charge in [-0.25, -0.2) is 0 Å². The van der Waals surface area contributed by atoms with Crippen LogP contribution in [0.5, 0.6) is 0 Å². The number of ketones is 1. The Balaban J connectivity index is 0.000000162. The SMILES string of the molecule is CNC1(c2ccccc2Cl)CCCCC1=O.c1ccc(C2(N3CCCCC3)CCCCC2)cc1. The number of carbonyl (C=O) groups is 1. The van der Waals surface area contributed by atoms with Crippen molar-refractivity contribution in [1.82, 2.24) is 10.2 Å². The van der Waals surface area contributed by atoms with Crippen LogP contribution in [-0.2, 0) is 15.9 Å². The van der Waals surface area contributed by atoms with Crippen LogP contribution in [0.2, 0.25) is 5.02 Å². The Bertz CT molecular complexity index is 918. The molecule has 1 heterocycles. The van der Waals surface area contributed by atoms with Gasteiger partial charge in [0.15, 0.2) is 5.78 Å². The Kier molecular flexibility index (Phi) is 8.85. The molecule has 4 heteroatoms. The monoisotopic (exact) mass is 480 g/mol. The lowest BCUT2D eigenvalue weighted by Crippen LogP contribution is -2.49. The van der Waals surface area contributed by atoms with Crippen molar-refractivity contribution in [2.75, 3.05) is 20.1 Å². The maximum absolute atomic E-state index is 12.2. The fraction of sp³-hybridized carbons (Fsp3) is 0.567. The minimum absolute atomic E-state index is 0.259. The molecule has 1 unspecified atom stereocenters. The Labute approximate surface area is 211 Å². The van der Waals surface area contributed by atoms with Gasteiger partial charge in [-0.15, -0.1) is 0 Å². The van der Waals surface area contributed by atoms with Gasteiger partial charge in [-0.1, -0.05) is 92.2 Å². The third kappa shape index (κ3) is 5.27. The third-order valence-corrected chi connectivity index (χ3v) is 8.72. The molecule has 2 aromatic carbocycles. The molecule has 0 bridgehead atoms. The Morgan fingerprint density at radius 1 is 0.765 bits per heavy atom. The van der Waals surface area contributed by atoms with E-state index in [-0.39, 0.29) is 5.78 Å². The lowest BCUT2D eigenvalue weighted by atomic mass is 9.74. The van der Waals surface area contributed by atoms with Crippen molar-refractivity contribution in [1.29, 1.82) is 0 Å². The first kappa shape index (κ1) is 25.4. The van der Waals surface area contributed by atoms with Crippen LogP contribution >= 0.6 is 11.6 Å². The summed E-state index contributed by atoms with van der Waals surface area (Å²) in [4.78, 5) is 15.0. The van der Waals surface area contributed by atoms with Crippen molar-refractivity contribution in [3.63, 3.8) is 0 Å². The van der Waals surface area contributed by atoms with Crippen LogP contribution in [0, 0.1) is 0 Å². The molecule has 1 N–H and O–H groups in total. The summed E-state index contributed by atoms with van der Waals surface area (Å²) in [7, 11) is 1.84. The van der Waals surface area contributed by atoms with Crippen LogP contribution in [0.4, 0.5) is 0 Å². The summed E-state index contributed by atoms with van der Waals surface area (Å²) in [5, 5.41) is 3.86. The van der Waals surface area contributed by atoms with Gasteiger partial charge in [0.05, 0.1) is 0 Å². The molecule has 0 aromatic heterocycles. The van der Waals surface area contributed by atoms with Gasteiger partial charge in [0.1, 0.15) is 5.54 Å². The first-order valence-electron chi connectivity index (χ1n) is 13.4. The fourth-order valence-corrected chi connectivity index (χ4v) is 6.81. The van der Waals surface area contributed by atoms with Crippen molar-refractivity contribution in [2.45, 2.75) is 88.1 Å². The number of nitrogens with one attached hydrogen (secondary N) is 1. The minimum Gasteiger partial charge on any atom is -0.304 e. The van der Waals surface area contributed by atoms with Crippen LogP contribution in [-0.4, -0.2) is 30.8 Å². The molecule has 184 valence electrons. The molecule has 0 spiro atoms. The molecular formula is C30H41ClN2O. The highest BCUT2D eigenvalue weighted by Gasteiger charge is 2.41. The molecule has 0 radical (unpaired) electrons. The van der Waals surface area contributed by atoms with E-state index in [4.69, 9.17) is 11.6 Å². The average Bonchev–Trinajstić information content (AvgIpc) is 2.91. The van der Waals surface area contributed by atoms with Gasteiger partial charge in [0.2, 0.25) is 0 Å². The van der Waals surface area contributed by atoms with E-state index >= 15 is 0 Å². The molecule has 2 aromatic rings. The Morgan fingerprint density at radius 2 is 1.38 bits per heavy atom. The fourth-order valence-electron chi connectivity index (χ4n) is 6.51. The van der Waals surface area contributed by atoms with Crippen molar-refractivity contribution >= 4 is 17.4 Å². The molecule has 3 fully saturated rings. The Morgan fingerprint density at radius 3 is 2.03 bits per heavy atom. The first-order chi connectivity index (χ1) is 16.6. The van der Waals surface area contributed by atoms with Gasteiger partial charge in [-0.2, -0.15) is 0 Å². The number of rotatable bonds is 4. The molecular weight excluding hydrogens is 440 g/mol. The molecule has 1 aliphatic heterocycles. The minimum atomic E-state index is -0.559. The molecule has 1 atom stereocenters. The van der Waals surface area contributed by atoms with Gasteiger partial charge in [0.25, 0.3) is 0 Å². The normalized spacial score (nSPS) is 25.3. The maximum atomic E-state index is 12.2. The summed E-state index contributed by atoms with van der Waals surface area (Å²) < 4.78 is 0. The van der Waals surface area contributed by atoms with Crippen molar-refractivity contribution in [3.8, 4) is 0 Å². The quantitative estimate of drug-likeness (QED) is 0.500. The van der Waals surface area contributed by atoms with Crippen molar-refractivity contribution < 1.29 is 4.79 Å². The third-order valence-electron chi connectivity index (χ3n) is 8.40. The van der Waals surface area contributed by atoms with Crippen LogP contribution in [0.25, 0.3) is 0 Å². The van der Waals surface area contributed by atoms with Crippen LogP contribution < -0.4 is 5.32 Å². The molecule has 3 nitrogen and oxygen atoms in total. The maximum Gasteiger partial charge on any atom is 0.157 e. The van der Waals surface area contributed by atoms with E-state index in [0.717, 1.165) is 24.8 Å². The van der Waals surface area contributed by atoms with Gasteiger partial charge in [-0.05, 0) is 75.9 Å². The second-order valence-electron chi connectivity index (χ2n) is 10.3. The van der Waals surface area contributed by atoms with E-state index in [1.165, 1.54) is 64.5 Å².